The second-order valence-electron chi connectivity index (χ2n) is 3.79. The fourth-order valence-electron chi connectivity index (χ4n) is 1.48. The number of aliphatic hydroxyl groups is 2. The lowest BCUT2D eigenvalue weighted by Gasteiger charge is -2.16. The largest absolute Gasteiger partial charge is 0.389 e. The Bertz CT molecular complexity index is 365. The molecule has 0 aromatic heterocycles. The zero-order chi connectivity index (χ0) is 12.1. The minimum atomic E-state index is -1.01. The van der Waals surface area contributed by atoms with Crippen molar-refractivity contribution in [2.75, 3.05) is 5.88 Å². The molecule has 2 N–H and O–H groups in total. The first kappa shape index (κ1) is 13.2. The summed E-state index contributed by atoms with van der Waals surface area (Å²) in [7, 11) is 0. The van der Waals surface area contributed by atoms with E-state index in [1.165, 1.54) is 6.92 Å². The van der Waals surface area contributed by atoms with E-state index in [0.29, 0.717) is 12.0 Å². The molecule has 0 saturated carbocycles. The Hall–Kier alpha value is -0.900. The molecule has 16 heavy (non-hydrogen) atoms. The lowest BCUT2D eigenvalue weighted by molar-refractivity contribution is -0.116. The van der Waals surface area contributed by atoms with Crippen LogP contribution < -0.4 is 0 Å². The highest BCUT2D eigenvalue weighted by molar-refractivity contribution is 6.18. The number of halogens is 1. The van der Waals surface area contributed by atoms with E-state index in [9.17, 15) is 15.0 Å². The second kappa shape index (κ2) is 5.99. The van der Waals surface area contributed by atoms with Crippen molar-refractivity contribution >= 4 is 17.4 Å². The van der Waals surface area contributed by atoms with Gasteiger partial charge < -0.3 is 10.2 Å². The van der Waals surface area contributed by atoms with Crippen molar-refractivity contribution in [1.29, 1.82) is 0 Å². The molecule has 1 rings (SSSR count). The normalized spacial score (nSPS) is 14.5. The Morgan fingerprint density at radius 1 is 1.44 bits per heavy atom. The van der Waals surface area contributed by atoms with E-state index in [4.69, 9.17) is 11.6 Å². The number of alkyl halides is 1. The first-order chi connectivity index (χ1) is 7.54. The van der Waals surface area contributed by atoms with Gasteiger partial charge in [-0.15, -0.1) is 11.6 Å². The quantitative estimate of drug-likeness (QED) is 0.769. The molecular formula is C12H15ClO3. The van der Waals surface area contributed by atoms with E-state index in [0.717, 1.165) is 5.56 Å². The molecule has 0 amide bonds. The molecule has 0 fully saturated rings. The van der Waals surface area contributed by atoms with Gasteiger partial charge in [-0.1, -0.05) is 24.3 Å². The molecule has 0 saturated heterocycles. The summed E-state index contributed by atoms with van der Waals surface area (Å²) in [5.41, 5.74) is 1.40. The zero-order valence-corrected chi connectivity index (χ0v) is 9.81. The van der Waals surface area contributed by atoms with Gasteiger partial charge in [0.1, 0.15) is 11.9 Å². The maximum Gasteiger partial charge on any atom is 0.134 e. The van der Waals surface area contributed by atoms with Crippen LogP contribution in [0.1, 0.15) is 24.2 Å². The predicted octanol–water partition coefficient (Wildman–Crippen LogP) is 1.45. The SMILES string of the molecule is CC(=O)Cc1cccc(C(O)C(O)CCl)c1. The molecule has 1 aromatic rings. The fraction of sp³-hybridized carbons (Fsp3) is 0.417. The van der Waals surface area contributed by atoms with Crippen molar-refractivity contribution in [3.63, 3.8) is 0 Å². The van der Waals surface area contributed by atoms with Crippen LogP contribution in [-0.4, -0.2) is 28.0 Å². The third-order valence-corrected chi connectivity index (χ3v) is 2.58. The lowest BCUT2D eigenvalue weighted by atomic mass is 10.0. The topological polar surface area (TPSA) is 57.5 Å². The van der Waals surface area contributed by atoms with Crippen LogP contribution in [0.2, 0.25) is 0 Å². The number of carbonyl (C=O) groups excluding carboxylic acids is 1. The first-order valence-corrected chi connectivity index (χ1v) is 5.58. The summed E-state index contributed by atoms with van der Waals surface area (Å²) in [5.74, 6) is 0.0301. The van der Waals surface area contributed by atoms with Crippen LogP contribution in [-0.2, 0) is 11.2 Å². The van der Waals surface area contributed by atoms with Crippen molar-refractivity contribution in [3.05, 3.63) is 35.4 Å². The molecular weight excluding hydrogens is 228 g/mol. The maximum absolute atomic E-state index is 11.0. The van der Waals surface area contributed by atoms with Crippen LogP contribution in [0.4, 0.5) is 0 Å². The van der Waals surface area contributed by atoms with Crippen LogP contribution in [0, 0.1) is 0 Å². The molecule has 3 nitrogen and oxygen atoms in total. The Labute approximate surface area is 99.7 Å². The van der Waals surface area contributed by atoms with E-state index in [1.54, 1.807) is 18.2 Å². The molecule has 0 spiro atoms. The molecule has 4 heteroatoms. The summed E-state index contributed by atoms with van der Waals surface area (Å²) >= 11 is 5.46. The van der Waals surface area contributed by atoms with Crippen molar-refractivity contribution in [1.82, 2.24) is 0 Å². The lowest BCUT2D eigenvalue weighted by Crippen LogP contribution is -2.19. The zero-order valence-electron chi connectivity index (χ0n) is 9.06. The molecule has 0 aliphatic rings. The van der Waals surface area contributed by atoms with Gasteiger partial charge in [0.05, 0.1) is 12.0 Å². The smallest absolute Gasteiger partial charge is 0.134 e. The predicted molar refractivity (Wildman–Crippen MR) is 62.5 cm³/mol. The Balaban J connectivity index is 2.85. The number of Topliss-reactive ketones (excluding diaryl/α,β-unsaturated/α-hetero) is 1. The molecule has 0 aliphatic carbocycles. The van der Waals surface area contributed by atoms with E-state index in [1.807, 2.05) is 6.07 Å². The monoisotopic (exact) mass is 242 g/mol. The van der Waals surface area contributed by atoms with Gasteiger partial charge in [0.25, 0.3) is 0 Å². The van der Waals surface area contributed by atoms with Gasteiger partial charge in [0, 0.05) is 6.42 Å². The average Bonchev–Trinajstić information content (AvgIpc) is 2.26. The average molecular weight is 243 g/mol. The number of benzene rings is 1. The molecule has 0 heterocycles. The highest BCUT2D eigenvalue weighted by atomic mass is 35.5. The summed E-state index contributed by atoms with van der Waals surface area (Å²) in [4.78, 5) is 11.0. The van der Waals surface area contributed by atoms with Crippen molar-refractivity contribution < 1.29 is 15.0 Å². The van der Waals surface area contributed by atoms with Crippen LogP contribution in [0.3, 0.4) is 0 Å². The molecule has 0 radical (unpaired) electrons. The van der Waals surface area contributed by atoms with E-state index < -0.39 is 12.2 Å². The van der Waals surface area contributed by atoms with E-state index >= 15 is 0 Å². The van der Waals surface area contributed by atoms with Gasteiger partial charge in [-0.25, -0.2) is 0 Å². The third kappa shape index (κ3) is 3.59. The van der Waals surface area contributed by atoms with Gasteiger partial charge in [0.15, 0.2) is 0 Å². The minimum Gasteiger partial charge on any atom is -0.389 e. The van der Waals surface area contributed by atoms with E-state index in [2.05, 4.69) is 0 Å². The first-order valence-electron chi connectivity index (χ1n) is 5.05. The number of rotatable bonds is 5. The summed E-state index contributed by atoms with van der Waals surface area (Å²) in [5, 5.41) is 19.1. The van der Waals surface area contributed by atoms with Crippen molar-refractivity contribution in [3.8, 4) is 0 Å². The summed E-state index contributed by atoms with van der Waals surface area (Å²) in [6.45, 7) is 1.51. The molecule has 2 unspecified atom stereocenters. The van der Waals surface area contributed by atoms with Crippen LogP contribution in [0.25, 0.3) is 0 Å². The van der Waals surface area contributed by atoms with Crippen LogP contribution in [0.15, 0.2) is 24.3 Å². The minimum absolute atomic E-state index is 0.0297. The number of hydrogen-bond acceptors (Lipinski definition) is 3. The Kier molecular flexibility index (Phi) is 4.93. The third-order valence-electron chi connectivity index (χ3n) is 2.27. The molecule has 0 aliphatic heterocycles. The Morgan fingerprint density at radius 3 is 2.69 bits per heavy atom. The second-order valence-corrected chi connectivity index (χ2v) is 4.10. The fourth-order valence-corrected chi connectivity index (χ4v) is 1.65. The summed E-state index contributed by atoms with van der Waals surface area (Å²) in [6.07, 6.45) is -1.67. The molecule has 2 atom stereocenters. The van der Waals surface area contributed by atoms with Gasteiger partial charge >= 0.3 is 0 Å². The number of aliphatic hydroxyl groups excluding tert-OH is 2. The summed E-state index contributed by atoms with van der Waals surface area (Å²) < 4.78 is 0. The van der Waals surface area contributed by atoms with Crippen molar-refractivity contribution in [2.45, 2.75) is 25.6 Å². The van der Waals surface area contributed by atoms with Gasteiger partial charge in [-0.05, 0) is 18.1 Å². The highest BCUT2D eigenvalue weighted by Crippen LogP contribution is 2.19. The number of carbonyl (C=O) groups is 1. The maximum atomic E-state index is 11.0. The van der Waals surface area contributed by atoms with E-state index in [-0.39, 0.29) is 11.7 Å². The van der Waals surface area contributed by atoms with Crippen molar-refractivity contribution in [2.24, 2.45) is 0 Å². The Morgan fingerprint density at radius 2 is 2.12 bits per heavy atom. The number of hydrogen-bond donors (Lipinski definition) is 2. The molecule has 0 bridgehead atoms. The molecule has 88 valence electrons. The van der Waals surface area contributed by atoms with Crippen LogP contribution in [0.5, 0.6) is 0 Å². The van der Waals surface area contributed by atoms with Crippen LogP contribution >= 0.6 is 11.6 Å². The van der Waals surface area contributed by atoms with Gasteiger partial charge in [0.2, 0.25) is 0 Å². The standard InChI is InChI=1S/C12H15ClO3/c1-8(14)5-9-3-2-4-10(6-9)12(16)11(15)7-13/h2-4,6,11-12,15-16H,5,7H2,1H3. The number of ketones is 1. The van der Waals surface area contributed by atoms with Gasteiger partial charge in [-0.2, -0.15) is 0 Å². The summed E-state index contributed by atoms with van der Waals surface area (Å²) in [6, 6.07) is 6.97. The van der Waals surface area contributed by atoms with Gasteiger partial charge in [-0.3, -0.25) is 4.79 Å². The highest BCUT2D eigenvalue weighted by Gasteiger charge is 2.17. The molecule has 1 aromatic carbocycles.